The van der Waals surface area contributed by atoms with Crippen LogP contribution in [-0.4, -0.2) is 18.8 Å². The van der Waals surface area contributed by atoms with Gasteiger partial charge in [0.2, 0.25) is 5.82 Å². The van der Waals surface area contributed by atoms with Crippen molar-refractivity contribution in [3.63, 3.8) is 0 Å². The van der Waals surface area contributed by atoms with Gasteiger partial charge in [-0.25, -0.2) is 4.39 Å². The van der Waals surface area contributed by atoms with Crippen LogP contribution in [0.3, 0.4) is 0 Å². The minimum Gasteiger partial charge on any atom is -0.487 e. The molecule has 0 N–H and O–H groups in total. The molecule has 1 heterocycles. The normalized spacial score (nSPS) is 27.6. The van der Waals surface area contributed by atoms with Gasteiger partial charge >= 0.3 is 58.2 Å². The molecule has 1 aromatic carbocycles. The zero-order chi connectivity index (χ0) is 19.3. The van der Waals surface area contributed by atoms with Crippen molar-refractivity contribution < 1.29 is 76.4 Å². The summed E-state index contributed by atoms with van der Waals surface area (Å²) in [5, 5.41) is 0. The minimum atomic E-state index is -0.813. The van der Waals surface area contributed by atoms with E-state index in [4.69, 9.17) is 9.47 Å². The Morgan fingerprint density at radius 1 is 1.00 bits per heavy atom. The van der Waals surface area contributed by atoms with Gasteiger partial charge in [-0.1, -0.05) is 31.7 Å². The first kappa shape index (κ1) is 24.3. The fraction of sp³-hybridized carbons (Fsp3) is 0.708. The van der Waals surface area contributed by atoms with E-state index in [0.29, 0.717) is 12.0 Å². The maximum Gasteiger partial charge on any atom is 1.00 e. The van der Waals surface area contributed by atoms with Crippen molar-refractivity contribution in [3.05, 3.63) is 35.8 Å². The second-order valence-electron chi connectivity index (χ2n) is 8.90. The third-order valence-electron chi connectivity index (χ3n) is 7.01. The maximum absolute atomic E-state index is 14.1. The largest absolute Gasteiger partial charge is 1.00 e. The predicted molar refractivity (Wildman–Crippen MR) is 106 cm³/mol. The van der Waals surface area contributed by atoms with Gasteiger partial charge in [0.15, 0.2) is 11.6 Å². The molecule has 1 atom stereocenters. The molecule has 156 valence electrons. The molecule has 3 aliphatic rings. The third kappa shape index (κ3) is 6.57. The molecule has 1 unspecified atom stereocenters. The average Bonchev–Trinajstić information content (AvgIpc) is 2.75. The van der Waals surface area contributed by atoms with Gasteiger partial charge in [-0.2, -0.15) is 17.2 Å². The van der Waals surface area contributed by atoms with E-state index in [1.807, 2.05) is 0 Å². The van der Waals surface area contributed by atoms with Crippen molar-refractivity contribution in [2.45, 2.75) is 89.3 Å². The Balaban J connectivity index is 0.00000240. The Morgan fingerprint density at radius 3 is 2.52 bits per heavy atom. The van der Waals surface area contributed by atoms with Crippen LogP contribution in [0.4, 0.5) is 8.78 Å². The molecule has 1 aliphatic heterocycles. The standard InChI is InChI=1S/C24H33F2O2.Rb/c25-21-14-12-19-13-15-22(28-24(19)23(21)26)18-10-8-17(9-11-18)5-4-16-27-20-6-2-1-3-7-20;/h1,12,14,17-18,20,22H,2-11,13,15-16H2;/q-1;+1. The van der Waals surface area contributed by atoms with E-state index >= 15 is 0 Å². The molecule has 0 aromatic heterocycles. The van der Waals surface area contributed by atoms with Crippen LogP contribution in [0.1, 0.15) is 76.2 Å². The molecular weight excluding hydrogens is 444 g/mol. The summed E-state index contributed by atoms with van der Waals surface area (Å²) in [6, 6.07) is 2.87. The monoisotopic (exact) mass is 476 g/mol. The van der Waals surface area contributed by atoms with Crippen molar-refractivity contribution >= 4 is 0 Å². The van der Waals surface area contributed by atoms with Gasteiger partial charge in [-0.3, -0.25) is 0 Å². The van der Waals surface area contributed by atoms with Crippen molar-refractivity contribution in [1.29, 1.82) is 0 Å². The van der Waals surface area contributed by atoms with Crippen molar-refractivity contribution in [2.75, 3.05) is 6.61 Å². The molecule has 2 nitrogen and oxygen atoms in total. The second kappa shape index (κ2) is 12.0. The summed E-state index contributed by atoms with van der Waals surface area (Å²) in [6.07, 6.45) is 16.5. The van der Waals surface area contributed by atoms with Crippen LogP contribution in [0.15, 0.2) is 12.1 Å². The van der Waals surface area contributed by atoms with E-state index < -0.39 is 11.6 Å². The molecule has 1 aromatic rings. The molecule has 0 bridgehead atoms. The number of aryl methyl sites for hydroxylation is 1. The number of benzene rings is 1. The van der Waals surface area contributed by atoms with Crippen molar-refractivity contribution in [1.82, 2.24) is 0 Å². The Labute approximate surface area is 223 Å². The summed E-state index contributed by atoms with van der Waals surface area (Å²) in [6.45, 7) is 0.901. The van der Waals surface area contributed by atoms with Gasteiger partial charge in [-0.15, -0.1) is 0 Å². The van der Waals surface area contributed by atoms with Crippen LogP contribution in [0.25, 0.3) is 0 Å². The fourth-order valence-corrected chi connectivity index (χ4v) is 5.27. The van der Waals surface area contributed by atoms with Gasteiger partial charge in [0, 0.05) is 6.61 Å². The molecule has 4 rings (SSSR count). The van der Waals surface area contributed by atoms with Crippen LogP contribution in [0.5, 0.6) is 5.75 Å². The fourth-order valence-electron chi connectivity index (χ4n) is 5.27. The second-order valence-corrected chi connectivity index (χ2v) is 8.90. The van der Waals surface area contributed by atoms with E-state index in [2.05, 4.69) is 6.42 Å². The predicted octanol–water partition coefficient (Wildman–Crippen LogP) is 3.41. The Kier molecular flexibility index (Phi) is 10.1. The zero-order valence-corrected chi connectivity index (χ0v) is 22.7. The molecule has 0 spiro atoms. The third-order valence-corrected chi connectivity index (χ3v) is 7.01. The van der Waals surface area contributed by atoms with E-state index in [0.717, 1.165) is 50.2 Å². The molecule has 2 aliphatic carbocycles. The Hall–Kier alpha value is 0.645. The van der Waals surface area contributed by atoms with E-state index in [1.54, 1.807) is 6.07 Å². The molecular formula is C24H33F2O2Rb. The summed E-state index contributed by atoms with van der Waals surface area (Å²) < 4.78 is 39.6. The van der Waals surface area contributed by atoms with Crippen LogP contribution in [0, 0.1) is 29.9 Å². The number of hydrogen-bond donors (Lipinski definition) is 0. The van der Waals surface area contributed by atoms with Crippen LogP contribution >= 0.6 is 0 Å². The van der Waals surface area contributed by atoms with Gasteiger partial charge in [-0.05, 0) is 62.0 Å². The molecule has 0 amide bonds. The molecule has 0 radical (unpaired) electrons. The van der Waals surface area contributed by atoms with Gasteiger partial charge < -0.3 is 15.9 Å². The average molecular weight is 477 g/mol. The summed E-state index contributed by atoms with van der Waals surface area (Å²) in [5.74, 6) is -0.203. The Morgan fingerprint density at radius 2 is 1.76 bits per heavy atom. The summed E-state index contributed by atoms with van der Waals surface area (Å²) in [7, 11) is 0. The van der Waals surface area contributed by atoms with Crippen LogP contribution in [-0.2, 0) is 11.2 Å². The van der Waals surface area contributed by atoms with Crippen LogP contribution in [0.2, 0.25) is 0 Å². The summed E-state index contributed by atoms with van der Waals surface area (Å²) in [5.41, 5.74) is 0.805. The Bertz CT molecular complexity index is 640. The molecule has 2 fully saturated rings. The van der Waals surface area contributed by atoms with Gasteiger partial charge in [0.25, 0.3) is 0 Å². The summed E-state index contributed by atoms with van der Waals surface area (Å²) >= 11 is 0. The number of halogens is 2. The van der Waals surface area contributed by atoms with Crippen molar-refractivity contribution in [2.24, 2.45) is 11.8 Å². The molecule has 2 saturated carbocycles. The van der Waals surface area contributed by atoms with E-state index in [9.17, 15) is 8.78 Å². The van der Waals surface area contributed by atoms with E-state index in [1.165, 1.54) is 51.0 Å². The number of fused-ring (bicyclic) bond motifs is 1. The first-order valence-corrected chi connectivity index (χ1v) is 11.3. The van der Waals surface area contributed by atoms with Gasteiger partial charge in [0.05, 0.1) is 6.10 Å². The number of ether oxygens (including phenoxy) is 2. The number of hydrogen-bond acceptors (Lipinski definition) is 2. The van der Waals surface area contributed by atoms with E-state index in [-0.39, 0.29) is 70.0 Å². The van der Waals surface area contributed by atoms with Crippen LogP contribution < -0.4 is 62.9 Å². The molecule has 29 heavy (non-hydrogen) atoms. The summed E-state index contributed by atoms with van der Waals surface area (Å²) in [4.78, 5) is 0. The smallest absolute Gasteiger partial charge is 0.487 e. The maximum atomic E-state index is 14.1. The zero-order valence-electron chi connectivity index (χ0n) is 17.8. The minimum absolute atomic E-state index is 0. The molecule has 0 saturated heterocycles. The molecule has 5 heteroatoms. The van der Waals surface area contributed by atoms with Gasteiger partial charge in [0.1, 0.15) is 6.10 Å². The SMILES string of the molecule is Fc1ccc2c(c1F)OC(C1CCC(CCCOC3CC[CH-]CC3)CC1)CC2.[Rb+]. The van der Waals surface area contributed by atoms with Crippen molar-refractivity contribution in [3.8, 4) is 5.75 Å². The first-order valence-electron chi connectivity index (χ1n) is 11.3. The quantitative estimate of drug-likeness (QED) is 0.463. The topological polar surface area (TPSA) is 18.5 Å². The first-order chi connectivity index (χ1) is 13.7. The number of rotatable bonds is 6.